The van der Waals surface area contributed by atoms with Gasteiger partial charge in [-0.15, -0.1) is 0 Å². The molecule has 112 valence electrons. The van der Waals surface area contributed by atoms with Gasteiger partial charge in [-0.1, -0.05) is 23.7 Å². The molecule has 21 heavy (non-hydrogen) atoms. The molecule has 0 aliphatic carbocycles. The van der Waals surface area contributed by atoms with Crippen molar-refractivity contribution in [2.75, 3.05) is 11.8 Å². The first kappa shape index (κ1) is 16.1. The molecule has 0 atom stereocenters. The Morgan fingerprint density at radius 1 is 1.29 bits per heavy atom. The minimum Gasteiger partial charge on any atom is -0.495 e. The first-order valence-electron chi connectivity index (χ1n) is 5.65. The van der Waals surface area contributed by atoms with Crippen LogP contribution in [0.3, 0.4) is 0 Å². The number of hydrogen-bond acceptors (Lipinski definition) is 3. The molecule has 0 radical (unpaired) electrons. The highest BCUT2D eigenvalue weighted by atomic mass is 79.9. The third kappa shape index (κ3) is 3.48. The number of ether oxygens (including phenoxy) is 1. The lowest BCUT2D eigenvalue weighted by Gasteiger charge is -2.12. The zero-order valence-electron chi connectivity index (χ0n) is 10.7. The predicted molar refractivity (Wildman–Crippen MR) is 82.9 cm³/mol. The largest absolute Gasteiger partial charge is 0.495 e. The topological polar surface area (TPSA) is 55.4 Å². The zero-order chi connectivity index (χ0) is 15.6. The first-order valence-corrected chi connectivity index (χ1v) is 8.31. The Labute approximate surface area is 135 Å². The Hall–Kier alpha value is -1.31. The summed E-state index contributed by atoms with van der Waals surface area (Å²) >= 11 is 8.79. The van der Waals surface area contributed by atoms with Gasteiger partial charge in [0.05, 0.1) is 17.8 Å². The highest BCUT2D eigenvalue weighted by molar-refractivity contribution is 9.10. The Kier molecular flexibility index (Phi) is 4.75. The van der Waals surface area contributed by atoms with Crippen LogP contribution in [0.15, 0.2) is 45.8 Å². The zero-order valence-corrected chi connectivity index (χ0v) is 13.9. The molecule has 8 heteroatoms. The van der Waals surface area contributed by atoms with E-state index in [1.807, 2.05) is 0 Å². The van der Waals surface area contributed by atoms with Gasteiger partial charge in [0.2, 0.25) is 0 Å². The second-order valence-corrected chi connectivity index (χ2v) is 6.91. The van der Waals surface area contributed by atoms with Gasteiger partial charge in [-0.3, -0.25) is 4.72 Å². The molecule has 0 fully saturated rings. The van der Waals surface area contributed by atoms with Gasteiger partial charge in [-0.05, 0) is 40.2 Å². The molecule has 0 bridgehead atoms. The molecule has 0 aromatic heterocycles. The fourth-order valence-electron chi connectivity index (χ4n) is 1.64. The summed E-state index contributed by atoms with van der Waals surface area (Å²) in [4.78, 5) is -0.510. The van der Waals surface area contributed by atoms with E-state index in [9.17, 15) is 12.8 Å². The van der Waals surface area contributed by atoms with Gasteiger partial charge in [0, 0.05) is 4.47 Å². The van der Waals surface area contributed by atoms with E-state index < -0.39 is 20.7 Å². The van der Waals surface area contributed by atoms with Crippen molar-refractivity contribution >= 4 is 43.2 Å². The Bertz CT molecular complexity index is 783. The van der Waals surface area contributed by atoms with E-state index in [4.69, 9.17) is 16.3 Å². The fourth-order valence-corrected chi connectivity index (χ4v) is 3.44. The van der Waals surface area contributed by atoms with E-state index in [1.54, 1.807) is 18.2 Å². The maximum atomic E-state index is 13.9. The normalized spacial score (nSPS) is 11.2. The van der Waals surface area contributed by atoms with Crippen molar-refractivity contribution in [2.45, 2.75) is 4.90 Å². The number of rotatable bonds is 4. The summed E-state index contributed by atoms with van der Waals surface area (Å²) in [5, 5.41) is 0.0868. The summed E-state index contributed by atoms with van der Waals surface area (Å²) in [7, 11) is -2.70. The predicted octanol–water partition coefficient (Wildman–Crippen LogP) is 4.05. The molecule has 4 nitrogen and oxygen atoms in total. The maximum Gasteiger partial charge on any atom is 0.264 e. The van der Waals surface area contributed by atoms with E-state index in [0.717, 1.165) is 12.1 Å². The fraction of sp³-hybridized carbons (Fsp3) is 0.0769. The summed E-state index contributed by atoms with van der Waals surface area (Å²) in [6.45, 7) is 0. The van der Waals surface area contributed by atoms with Gasteiger partial charge in [-0.2, -0.15) is 0 Å². The third-order valence-electron chi connectivity index (χ3n) is 2.62. The Balaban J connectivity index is 2.46. The van der Waals surface area contributed by atoms with Crippen LogP contribution in [0.5, 0.6) is 5.75 Å². The van der Waals surface area contributed by atoms with Crippen molar-refractivity contribution in [3.63, 3.8) is 0 Å². The lowest BCUT2D eigenvalue weighted by Crippen LogP contribution is -2.15. The van der Waals surface area contributed by atoms with E-state index in [2.05, 4.69) is 20.7 Å². The molecule has 2 aromatic carbocycles. The van der Waals surface area contributed by atoms with Crippen LogP contribution in [-0.2, 0) is 10.0 Å². The molecular weight excluding hydrogens is 385 g/mol. The third-order valence-corrected chi connectivity index (χ3v) is 5.19. The number of anilines is 1. The Morgan fingerprint density at radius 2 is 1.95 bits per heavy atom. The molecule has 0 heterocycles. The Morgan fingerprint density at radius 3 is 2.62 bits per heavy atom. The van der Waals surface area contributed by atoms with Crippen molar-refractivity contribution in [1.29, 1.82) is 0 Å². The number of nitrogens with one attached hydrogen (secondary N) is 1. The van der Waals surface area contributed by atoms with Gasteiger partial charge >= 0.3 is 0 Å². The van der Waals surface area contributed by atoms with Crippen LogP contribution in [0.1, 0.15) is 0 Å². The highest BCUT2D eigenvalue weighted by Gasteiger charge is 2.22. The number of hydrogen-bond donors (Lipinski definition) is 1. The monoisotopic (exact) mass is 393 g/mol. The average molecular weight is 395 g/mol. The van der Waals surface area contributed by atoms with Gasteiger partial charge in [0.1, 0.15) is 16.5 Å². The lowest BCUT2D eigenvalue weighted by atomic mass is 10.3. The smallest absolute Gasteiger partial charge is 0.264 e. The minimum absolute atomic E-state index is 0.0868. The molecule has 2 aromatic rings. The molecule has 0 aliphatic heterocycles. The summed E-state index contributed by atoms with van der Waals surface area (Å²) in [5.74, 6) is -0.611. The molecule has 0 saturated carbocycles. The van der Waals surface area contributed by atoms with Gasteiger partial charge in [-0.25, -0.2) is 12.8 Å². The number of sulfonamides is 1. The van der Waals surface area contributed by atoms with E-state index in [0.29, 0.717) is 5.75 Å². The quantitative estimate of drug-likeness (QED) is 0.796. The van der Waals surface area contributed by atoms with Crippen LogP contribution in [0, 0.1) is 5.82 Å². The standard InChI is InChI=1S/C13H10BrClFNO3S/c1-20-12-5-3-2-4-11(12)17-21(18,19)13-6-8(14)9(15)7-10(13)16/h2-7,17H,1H3. The number of benzene rings is 2. The van der Waals surface area contributed by atoms with Crippen LogP contribution in [-0.4, -0.2) is 15.5 Å². The van der Waals surface area contributed by atoms with Crippen molar-refractivity contribution in [2.24, 2.45) is 0 Å². The molecule has 0 unspecified atom stereocenters. The van der Waals surface area contributed by atoms with Crippen LogP contribution in [0.4, 0.5) is 10.1 Å². The lowest BCUT2D eigenvalue weighted by molar-refractivity contribution is 0.417. The van der Waals surface area contributed by atoms with Crippen molar-refractivity contribution in [3.8, 4) is 5.75 Å². The molecule has 0 saturated heterocycles. The molecule has 0 spiro atoms. The molecule has 2 rings (SSSR count). The first-order chi connectivity index (χ1) is 9.85. The molecular formula is C13H10BrClFNO3S. The summed E-state index contributed by atoms with van der Waals surface area (Å²) in [6.07, 6.45) is 0. The minimum atomic E-state index is -4.11. The molecule has 1 N–H and O–H groups in total. The van der Waals surface area contributed by atoms with Crippen LogP contribution in [0.25, 0.3) is 0 Å². The van der Waals surface area contributed by atoms with Gasteiger partial charge < -0.3 is 4.74 Å². The number of halogens is 3. The van der Waals surface area contributed by atoms with Crippen LogP contribution >= 0.6 is 27.5 Å². The average Bonchev–Trinajstić information content (AvgIpc) is 2.43. The second kappa shape index (κ2) is 6.21. The van der Waals surface area contributed by atoms with Crippen LogP contribution in [0.2, 0.25) is 5.02 Å². The van der Waals surface area contributed by atoms with Crippen LogP contribution < -0.4 is 9.46 Å². The maximum absolute atomic E-state index is 13.9. The van der Waals surface area contributed by atoms with Crippen molar-refractivity contribution in [1.82, 2.24) is 0 Å². The van der Waals surface area contributed by atoms with Crippen molar-refractivity contribution in [3.05, 3.63) is 51.7 Å². The van der Waals surface area contributed by atoms with E-state index >= 15 is 0 Å². The summed E-state index contributed by atoms with van der Waals surface area (Å²) in [6, 6.07) is 8.47. The van der Waals surface area contributed by atoms with Gasteiger partial charge in [0.25, 0.3) is 10.0 Å². The number of para-hydroxylation sites is 2. The number of methoxy groups -OCH3 is 1. The SMILES string of the molecule is COc1ccccc1NS(=O)(=O)c1cc(Br)c(Cl)cc1F. The summed E-state index contributed by atoms with van der Waals surface area (Å²) in [5.41, 5.74) is 0.213. The van der Waals surface area contributed by atoms with E-state index in [-0.39, 0.29) is 15.2 Å². The summed E-state index contributed by atoms with van der Waals surface area (Å²) < 4.78 is 46.0. The second-order valence-electron chi connectivity index (χ2n) is 4.00. The highest BCUT2D eigenvalue weighted by Crippen LogP contribution is 2.31. The van der Waals surface area contributed by atoms with Crippen molar-refractivity contribution < 1.29 is 17.5 Å². The van der Waals surface area contributed by atoms with E-state index in [1.165, 1.54) is 13.2 Å². The molecule has 0 amide bonds. The van der Waals surface area contributed by atoms with Gasteiger partial charge in [0.15, 0.2) is 0 Å². The molecule has 0 aliphatic rings.